The van der Waals surface area contributed by atoms with Crippen LogP contribution < -0.4 is 4.74 Å². The monoisotopic (exact) mass is 307 g/mol. The Hall–Kier alpha value is -2.88. The van der Waals surface area contributed by atoms with Gasteiger partial charge in [0.25, 0.3) is 0 Å². The number of esters is 1. The Bertz CT molecular complexity index is 887. The molecule has 0 atom stereocenters. The predicted molar refractivity (Wildman–Crippen MR) is 89.8 cm³/mol. The van der Waals surface area contributed by atoms with Crippen LogP contribution in [0.3, 0.4) is 0 Å². The molecule has 3 rings (SSSR count). The van der Waals surface area contributed by atoms with E-state index in [4.69, 9.17) is 14.5 Å². The molecule has 1 heterocycles. The van der Waals surface area contributed by atoms with Crippen LogP contribution >= 0.6 is 0 Å². The van der Waals surface area contributed by atoms with E-state index in [-0.39, 0.29) is 5.97 Å². The summed E-state index contributed by atoms with van der Waals surface area (Å²) in [6.07, 6.45) is 0. The van der Waals surface area contributed by atoms with Gasteiger partial charge in [-0.25, -0.2) is 9.78 Å². The lowest BCUT2D eigenvalue weighted by molar-refractivity contribution is 0.0600. The number of fused-ring (bicyclic) bond motifs is 1. The van der Waals surface area contributed by atoms with Gasteiger partial charge < -0.3 is 9.47 Å². The summed E-state index contributed by atoms with van der Waals surface area (Å²) in [5, 5.41) is 1.08. The van der Waals surface area contributed by atoms with Gasteiger partial charge in [0.05, 0.1) is 31.0 Å². The molecule has 0 N–H and O–H groups in total. The zero-order valence-electron chi connectivity index (χ0n) is 13.3. The third-order valence-electron chi connectivity index (χ3n) is 3.79. The number of rotatable bonds is 3. The van der Waals surface area contributed by atoms with Gasteiger partial charge in [0.2, 0.25) is 0 Å². The number of nitrogens with zero attached hydrogens (tertiary/aromatic N) is 1. The molecular formula is C19H17NO3. The normalized spacial score (nSPS) is 10.6. The number of hydrogen-bond donors (Lipinski definition) is 0. The first-order valence-corrected chi connectivity index (χ1v) is 7.27. The summed E-state index contributed by atoms with van der Waals surface area (Å²) in [7, 11) is 2.95. The number of carbonyl (C=O) groups is 1. The van der Waals surface area contributed by atoms with Crippen molar-refractivity contribution in [2.75, 3.05) is 14.2 Å². The minimum atomic E-state index is -0.385. The van der Waals surface area contributed by atoms with Gasteiger partial charge in [0, 0.05) is 10.9 Å². The third kappa shape index (κ3) is 2.75. The number of benzene rings is 2. The first kappa shape index (κ1) is 15.0. The van der Waals surface area contributed by atoms with Crippen LogP contribution in [-0.4, -0.2) is 25.2 Å². The second-order valence-corrected chi connectivity index (χ2v) is 5.25. The van der Waals surface area contributed by atoms with Crippen molar-refractivity contribution in [3.8, 4) is 17.0 Å². The second kappa shape index (κ2) is 6.08. The molecule has 0 saturated carbocycles. The lowest BCUT2D eigenvalue weighted by Crippen LogP contribution is -2.04. The number of methoxy groups -OCH3 is 2. The maximum absolute atomic E-state index is 11.8. The lowest BCUT2D eigenvalue weighted by atomic mass is 10.00. The zero-order valence-corrected chi connectivity index (χ0v) is 13.3. The predicted octanol–water partition coefficient (Wildman–Crippen LogP) is 4.01. The van der Waals surface area contributed by atoms with Gasteiger partial charge in [-0.15, -0.1) is 0 Å². The van der Waals surface area contributed by atoms with Crippen LogP contribution in [0.15, 0.2) is 48.5 Å². The van der Waals surface area contributed by atoms with Gasteiger partial charge in [-0.05, 0) is 36.8 Å². The molecule has 0 amide bonds. The van der Waals surface area contributed by atoms with E-state index in [9.17, 15) is 4.79 Å². The molecule has 0 aliphatic heterocycles. The Morgan fingerprint density at radius 1 is 1.04 bits per heavy atom. The van der Waals surface area contributed by atoms with Crippen LogP contribution in [0.2, 0.25) is 0 Å². The Morgan fingerprint density at radius 3 is 2.57 bits per heavy atom. The average Bonchev–Trinajstić information content (AvgIpc) is 2.59. The molecule has 1 aromatic heterocycles. The maximum atomic E-state index is 11.8. The standard InChI is InChI=1S/C19H17NO3/c1-12-10-14(19(21)23-3)11-17(22-2)18(12)16-9-8-13-6-4-5-7-15(13)20-16/h4-11H,1-3H3. The number of carbonyl (C=O) groups excluding carboxylic acids is 1. The molecule has 4 nitrogen and oxygen atoms in total. The van der Waals surface area contributed by atoms with E-state index in [1.165, 1.54) is 7.11 Å². The van der Waals surface area contributed by atoms with Crippen molar-refractivity contribution in [3.05, 3.63) is 59.7 Å². The van der Waals surface area contributed by atoms with Crippen LogP contribution in [0.1, 0.15) is 15.9 Å². The highest BCUT2D eigenvalue weighted by molar-refractivity contribution is 5.92. The Labute approximate surface area is 134 Å². The van der Waals surface area contributed by atoms with E-state index in [0.29, 0.717) is 11.3 Å². The molecule has 0 radical (unpaired) electrons. The van der Waals surface area contributed by atoms with Gasteiger partial charge in [-0.3, -0.25) is 0 Å². The molecule has 4 heteroatoms. The fourth-order valence-corrected chi connectivity index (χ4v) is 2.69. The minimum Gasteiger partial charge on any atom is -0.496 e. The van der Waals surface area contributed by atoms with Crippen molar-refractivity contribution in [2.45, 2.75) is 6.92 Å². The van der Waals surface area contributed by atoms with E-state index < -0.39 is 0 Å². The Kier molecular flexibility index (Phi) is 3.98. The number of aryl methyl sites for hydroxylation is 1. The second-order valence-electron chi connectivity index (χ2n) is 5.25. The van der Waals surface area contributed by atoms with Gasteiger partial charge in [0.1, 0.15) is 5.75 Å². The fraction of sp³-hybridized carbons (Fsp3) is 0.158. The van der Waals surface area contributed by atoms with Gasteiger partial charge in [0.15, 0.2) is 0 Å². The van der Waals surface area contributed by atoms with E-state index in [0.717, 1.165) is 27.7 Å². The molecular weight excluding hydrogens is 290 g/mol. The van der Waals surface area contributed by atoms with Crippen molar-refractivity contribution in [2.24, 2.45) is 0 Å². The highest BCUT2D eigenvalue weighted by atomic mass is 16.5. The molecule has 0 aliphatic carbocycles. The first-order chi connectivity index (χ1) is 11.1. The van der Waals surface area contributed by atoms with Crippen LogP contribution in [0.25, 0.3) is 22.2 Å². The SMILES string of the molecule is COC(=O)c1cc(C)c(-c2ccc3ccccc3n2)c(OC)c1. The van der Waals surface area contributed by atoms with E-state index >= 15 is 0 Å². The first-order valence-electron chi connectivity index (χ1n) is 7.27. The highest BCUT2D eigenvalue weighted by Crippen LogP contribution is 2.34. The van der Waals surface area contributed by atoms with Gasteiger partial charge >= 0.3 is 5.97 Å². The number of para-hydroxylation sites is 1. The molecule has 23 heavy (non-hydrogen) atoms. The number of aromatic nitrogens is 1. The number of hydrogen-bond acceptors (Lipinski definition) is 4. The third-order valence-corrected chi connectivity index (χ3v) is 3.79. The van der Waals surface area contributed by atoms with Crippen LogP contribution in [0.4, 0.5) is 0 Å². The molecule has 0 unspecified atom stereocenters. The summed E-state index contributed by atoms with van der Waals surface area (Å²) in [6.45, 7) is 1.93. The van der Waals surface area contributed by atoms with Gasteiger partial charge in [-0.2, -0.15) is 0 Å². The molecule has 3 aromatic rings. The van der Waals surface area contributed by atoms with Crippen molar-refractivity contribution < 1.29 is 14.3 Å². The summed E-state index contributed by atoms with van der Waals surface area (Å²) in [6, 6.07) is 15.4. The lowest BCUT2D eigenvalue weighted by Gasteiger charge is -2.13. The number of ether oxygens (including phenoxy) is 2. The summed E-state index contributed by atoms with van der Waals surface area (Å²) >= 11 is 0. The number of pyridine rings is 1. The molecule has 0 spiro atoms. The minimum absolute atomic E-state index is 0.385. The topological polar surface area (TPSA) is 48.4 Å². The Balaban J connectivity index is 2.19. The summed E-state index contributed by atoms with van der Waals surface area (Å²) in [5.74, 6) is 0.220. The summed E-state index contributed by atoms with van der Waals surface area (Å²) in [4.78, 5) is 16.5. The molecule has 0 fully saturated rings. The van der Waals surface area contributed by atoms with Crippen LogP contribution in [-0.2, 0) is 4.74 Å². The molecule has 2 aromatic carbocycles. The smallest absolute Gasteiger partial charge is 0.337 e. The quantitative estimate of drug-likeness (QED) is 0.686. The summed E-state index contributed by atoms with van der Waals surface area (Å²) in [5.41, 5.74) is 3.99. The molecule has 116 valence electrons. The molecule has 0 bridgehead atoms. The van der Waals surface area contributed by atoms with Crippen LogP contribution in [0.5, 0.6) is 5.75 Å². The Morgan fingerprint density at radius 2 is 1.83 bits per heavy atom. The summed E-state index contributed by atoms with van der Waals surface area (Å²) < 4.78 is 10.3. The molecule has 0 saturated heterocycles. The molecule has 0 aliphatic rings. The van der Waals surface area contributed by atoms with Crippen molar-refractivity contribution in [1.29, 1.82) is 0 Å². The zero-order chi connectivity index (χ0) is 16.4. The van der Waals surface area contributed by atoms with Crippen LogP contribution in [0, 0.1) is 6.92 Å². The van der Waals surface area contributed by atoms with Crippen molar-refractivity contribution in [3.63, 3.8) is 0 Å². The van der Waals surface area contributed by atoms with Crippen molar-refractivity contribution >= 4 is 16.9 Å². The maximum Gasteiger partial charge on any atom is 0.337 e. The van der Waals surface area contributed by atoms with E-state index in [1.54, 1.807) is 19.2 Å². The highest BCUT2D eigenvalue weighted by Gasteiger charge is 2.16. The van der Waals surface area contributed by atoms with E-state index in [2.05, 4.69) is 0 Å². The average molecular weight is 307 g/mol. The van der Waals surface area contributed by atoms with Crippen molar-refractivity contribution in [1.82, 2.24) is 4.98 Å². The van der Waals surface area contributed by atoms with Gasteiger partial charge in [-0.1, -0.05) is 24.3 Å². The van der Waals surface area contributed by atoms with E-state index in [1.807, 2.05) is 43.3 Å². The fourth-order valence-electron chi connectivity index (χ4n) is 2.69. The largest absolute Gasteiger partial charge is 0.496 e.